The standard InChI is InChI=1S/C23H30N4O3/c28-22(20-4-3-16-29-20)27-10-7-23(8-11-27)18-19(6-17-30-23)25-12-14-26(15-13-25)21-5-1-2-9-24-21/h1-5,9,16,19H,6-8,10-15,17-18H2. The first-order valence-corrected chi connectivity index (χ1v) is 11.1. The molecule has 1 spiro atoms. The fraction of sp³-hybridized carbons (Fsp3) is 0.565. The van der Waals surface area contributed by atoms with E-state index >= 15 is 0 Å². The zero-order valence-corrected chi connectivity index (χ0v) is 17.4. The van der Waals surface area contributed by atoms with Crippen molar-refractivity contribution in [2.24, 2.45) is 0 Å². The predicted molar refractivity (Wildman–Crippen MR) is 114 cm³/mol. The second kappa shape index (κ2) is 8.40. The van der Waals surface area contributed by atoms with Crippen molar-refractivity contribution >= 4 is 11.7 Å². The Hall–Kier alpha value is -2.38. The quantitative estimate of drug-likeness (QED) is 0.775. The summed E-state index contributed by atoms with van der Waals surface area (Å²) >= 11 is 0. The third-order valence-corrected chi connectivity index (χ3v) is 6.96. The lowest BCUT2D eigenvalue weighted by molar-refractivity contribution is -0.130. The molecule has 1 atom stereocenters. The van der Waals surface area contributed by atoms with Crippen LogP contribution in [0.15, 0.2) is 47.2 Å². The number of carbonyl (C=O) groups is 1. The Bertz CT molecular complexity index is 825. The van der Waals surface area contributed by atoms with Gasteiger partial charge < -0.3 is 19.0 Å². The Kier molecular flexibility index (Phi) is 5.48. The summed E-state index contributed by atoms with van der Waals surface area (Å²) in [6.07, 6.45) is 7.40. The minimum absolute atomic E-state index is 0.00662. The number of piperazine rings is 1. The number of furan rings is 1. The Labute approximate surface area is 177 Å². The van der Waals surface area contributed by atoms with E-state index in [4.69, 9.17) is 9.15 Å². The molecule has 3 aliphatic rings. The van der Waals surface area contributed by atoms with Gasteiger partial charge in [-0.1, -0.05) is 6.07 Å². The van der Waals surface area contributed by atoms with Gasteiger partial charge in [-0.3, -0.25) is 9.69 Å². The van der Waals surface area contributed by atoms with E-state index < -0.39 is 0 Å². The van der Waals surface area contributed by atoms with Gasteiger partial charge in [0.05, 0.1) is 11.9 Å². The van der Waals surface area contributed by atoms with Crippen LogP contribution in [0.25, 0.3) is 0 Å². The van der Waals surface area contributed by atoms with E-state index in [0.29, 0.717) is 11.8 Å². The molecule has 160 valence electrons. The van der Waals surface area contributed by atoms with Crippen LogP contribution < -0.4 is 4.90 Å². The summed E-state index contributed by atoms with van der Waals surface area (Å²) in [6.45, 7) is 6.47. The topological polar surface area (TPSA) is 62.1 Å². The van der Waals surface area contributed by atoms with E-state index in [9.17, 15) is 4.79 Å². The number of pyridine rings is 1. The monoisotopic (exact) mass is 410 g/mol. The van der Waals surface area contributed by atoms with Crippen molar-refractivity contribution in [2.45, 2.75) is 37.3 Å². The fourth-order valence-electron chi connectivity index (χ4n) is 5.19. The molecule has 0 aliphatic carbocycles. The number of likely N-dealkylation sites (tertiary alicyclic amines) is 1. The first-order valence-electron chi connectivity index (χ1n) is 11.1. The predicted octanol–water partition coefficient (Wildman–Crippen LogP) is 2.65. The minimum Gasteiger partial charge on any atom is -0.459 e. The number of rotatable bonds is 3. The van der Waals surface area contributed by atoms with Crippen molar-refractivity contribution in [3.8, 4) is 0 Å². The van der Waals surface area contributed by atoms with Gasteiger partial charge >= 0.3 is 0 Å². The molecular weight excluding hydrogens is 380 g/mol. The molecule has 7 heteroatoms. The average molecular weight is 411 g/mol. The highest BCUT2D eigenvalue weighted by Crippen LogP contribution is 2.37. The number of aromatic nitrogens is 1. The summed E-state index contributed by atoms with van der Waals surface area (Å²) in [4.78, 5) is 24.0. The average Bonchev–Trinajstić information content (AvgIpc) is 3.35. The second-order valence-electron chi connectivity index (χ2n) is 8.66. The molecule has 2 aromatic rings. The van der Waals surface area contributed by atoms with Gasteiger partial charge in [0.1, 0.15) is 5.82 Å². The number of amides is 1. The number of hydrogen-bond donors (Lipinski definition) is 0. The Morgan fingerprint density at radius 1 is 1.03 bits per heavy atom. The van der Waals surface area contributed by atoms with Crippen molar-refractivity contribution in [3.63, 3.8) is 0 Å². The number of ether oxygens (including phenoxy) is 1. The number of piperidine rings is 1. The molecule has 1 unspecified atom stereocenters. The summed E-state index contributed by atoms with van der Waals surface area (Å²) in [5.41, 5.74) is -0.0824. The van der Waals surface area contributed by atoms with Gasteiger partial charge in [-0.2, -0.15) is 0 Å². The molecule has 2 aromatic heterocycles. The molecule has 7 nitrogen and oxygen atoms in total. The number of hydrogen-bond acceptors (Lipinski definition) is 6. The largest absolute Gasteiger partial charge is 0.459 e. The molecule has 1 amide bonds. The van der Waals surface area contributed by atoms with Crippen LogP contribution in [0.1, 0.15) is 36.2 Å². The zero-order valence-electron chi connectivity index (χ0n) is 17.4. The van der Waals surface area contributed by atoms with E-state index in [1.165, 1.54) is 0 Å². The molecule has 30 heavy (non-hydrogen) atoms. The highest BCUT2D eigenvalue weighted by atomic mass is 16.5. The minimum atomic E-state index is -0.0824. The molecule has 5 heterocycles. The van der Waals surface area contributed by atoms with Crippen molar-refractivity contribution in [1.82, 2.24) is 14.8 Å². The van der Waals surface area contributed by atoms with Gasteiger partial charge in [0, 0.05) is 58.1 Å². The highest BCUT2D eigenvalue weighted by molar-refractivity contribution is 5.91. The van der Waals surface area contributed by atoms with Crippen molar-refractivity contribution in [3.05, 3.63) is 48.6 Å². The molecule has 5 rings (SSSR count). The third kappa shape index (κ3) is 3.96. The maximum atomic E-state index is 12.6. The molecule has 0 bridgehead atoms. The van der Waals surface area contributed by atoms with Crippen LogP contribution in [0.4, 0.5) is 5.82 Å². The molecule has 0 saturated carbocycles. The maximum absolute atomic E-state index is 12.6. The van der Waals surface area contributed by atoms with Crippen LogP contribution in [0, 0.1) is 0 Å². The van der Waals surface area contributed by atoms with Gasteiger partial charge in [-0.25, -0.2) is 4.98 Å². The van der Waals surface area contributed by atoms with Gasteiger partial charge in [0.15, 0.2) is 5.76 Å². The highest BCUT2D eigenvalue weighted by Gasteiger charge is 2.43. The van der Waals surface area contributed by atoms with E-state index in [0.717, 1.165) is 77.4 Å². The van der Waals surface area contributed by atoms with Crippen LogP contribution in [-0.2, 0) is 4.74 Å². The normalized spacial score (nSPS) is 24.9. The van der Waals surface area contributed by atoms with E-state index in [-0.39, 0.29) is 11.5 Å². The van der Waals surface area contributed by atoms with Crippen LogP contribution in [0.5, 0.6) is 0 Å². The molecule has 0 radical (unpaired) electrons. The molecule has 3 aliphatic heterocycles. The number of nitrogens with zero attached hydrogens (tertiary/aromatic N) is 4. The zero-order chi connectivity index (χ0) is 20.4. The summed E-state index contributed by atoms with van der Waals surface area (Å²) in [7, 11) is 0. The summed E-state index contributed by atoms with van der Waals surface area (Å²) in [5, 5.41) is 0. The Morgan fingerprint density at radius 2 is 1.87 bits per heavy atom. The van der Waals surface area contributed by atoms with E-state index in [1.807, 2.05) is 17.2 Å². The smallest absolute Gasteiger partial charge is 0.289 e. The summed E-state index contributed by atoms with van der Waals surface area (Å²) in [6, 6.07) is 10.2. The SMILES string of the molecule is O=C(c1ccco1)N1CCC2(CC1)CC(N1CCN(c3ccccn3)CC1)CCO2. The van der Waals surface area contributed by atoms with E-state index in [1.54, 1.807) is 18.4 Å². The lowest BCUT2D eigenvalue weighted by atomic mass is 9.81. The molecule has 0 aromatic carbocycles. The molecule has 3 saturated heterocycles. The lowest BCUT2D eigenvalue weighted by Gasteiger charge is -2.49. The van der Waals surface area contributed by atoms with Gasteiger partial charge in [-0.05, 0) is 49.9 Å². The Balaban J connectivity index is 1.15. The Morgan fingerprint density at radius 3 is 2.57 bits per heavy atom. The maximum Gasteiger partial charge on any atom is 0.289 e. The van der Waals surface area contributed by atoms with Crippen LogP contribution in [-0.4, -0.2) is 78.2 Å². The number of carbonyl (C=O) groups excluding carboxylic acids is 1. The van der Waals surface area contributed by atoms with Crippen molar-refractivity contribution in [2.75, 3.05) is 50.8 Å². The number of anilines is 1. The van der Waals surface area contributed by atoms with Crippen LogP contribution in [0.2, 0.25) is 0 Å². The van der Waals surface area contributed by atoms with Crippen LogP contribution >= 0.6 is 0 Å². The second-order valence-corrected chi connectivity index (χ2v) is 8.66. The van der Waals surface area contributed by atoms with Gasteiger partial charge in [0.2, 0.25) is 0 Å². The van der Waals surface area contributed by atoms with Crippen molar-refractivity contribution < 1.29 is 13.9 Å². The fourth-order valence-corrected chi connectivity index (χ4v) is 5.19. The molecule has 3 fully saturated rings. The first kappa shape index (κ1) is 19.6. The van der Waals surface area contributed by atoms with E-state index in [2.05, 4.69) is 26.9 Å². The third-order valence-electron chi connectivity index (χ3n) is 6.96. The summed E-state index contributed by atoms with van der Waals surface area (Å²) < 4.78 is 11.6. The molecule has 0 N–H and O–H groups in total. The van der Waals surface area contributed by atoms with Gasteiger partial charge in [0.25, 0.3) is 5.91 Å². The first-order chi connectivity index (χ1) is 14.7. The van der Waals surface area contributed by atoms with Crippen molar-refractivity contribution in [1.29, 1.82) is 0 Å². The van der Waals surface area contributed by atoms with Gasteiger partial charge in [-0.15, -0.1) is 0 Å². The summed E-state index contributed by atoms with van der Waals surface area (Å²) in [5.74, 6) is 1.50. The lowest BCUT2D eigenvalue weighted by Crippen LogP contribution is -2.57. The van der Waals surface area contributed by atoms with Crippen LogP contribution in [0.3, 0.4) is 0 Å². The molecular formula is C23H30N4O3.